The normalized spacial score (nSPS) is 12.3. The Bertz CT molecular complexity index is 232. The van der Waals surface area contributed by atoms with Crippen molar-refractivity contribution in [3.8, 4) is 0 Å². The van der Waals surface area contributed by atoms with Crippen LogP contribution in [0, 0.1) is 5.92 Å². The van der Waals surface area contributed by atoms with E-state index in [0.717, 1.165) is 18.8 Å². The van der Waals surface area contributed by atoms with E-state index in [4.69, 9.17) is 4.55 Å². The molecule has 0 rings (SSSR count). The highest BCUT2D eigenvalue weighted by atomic mass is 32.2. The summed E-state index contributed by atoms with van der Waals surface area (Å²) in [6.45, 7) is 4.46. The lowest BCUT2D eigenvalue weighted by molar-refractivity contribution is 0.477. The molecule has 0 amide bonds. The van der Waals surface area contributed by atoms with Gasteiger partial charge in [-0.15, -0.1) is 0 Å². The van der Waals surface area contributed by atoms with Crippen LogP contribution in [0.3, 0.4) is 0 Å². The third-order valence-electron chi connectivity index (χ3n) is 2.43. The minimum absolute atomic E-state index is 0.0843. The minimum Gasteiger partial charge on any atom is -0.286 e. The molecule has 0 aromatic heterocycles. The Morgan fingerprint density at radius 1 is 0.933 bits per heavy atom. The van der Waals surface area contributed by atoms with Crippen molar-refractivity contribution in [3.05, 3.63) is 0 Å². The number of rotatable bonds is 9. The fourth-order valence-electron chi connectivity index (χ4n) is 1.54. The predicted octanol–water partition coefficient (Wildman–Crippen LogP) is 3.26. The summed E-state index contributed by atoms with van der Waals surface area (Å²) in [5, 5.41) is 0. The summed E-state index contributed by atoms with van der Waals surface area (Å²) >= 11 is 0. The van der Waals surface area contributed by atoms with Crippen LogP contribution in [0.4, 0.5) is 0 Å². The molecule has 15 heavy (non-hydrogen) atoms. The van der Waals surface area contributed by atoms with Gasteiger partial charge in [-0.2, -0.15) is 8.42 Å². The molecule has 1 N–H and O–H groups in total. The average molecular weight is 236 g/mol. The van der Waals surface area contributed by atoms with Gasteiger partial charge in [0.1, 0.15) is 0 Å². The first-order valence-corrected chi connectivity index (χ1v) is 7.48. The van der Waals surface area contributed by atoms with E-state index in [1.165, 1.54) is 25.7 Å². The highest BCUT2D eigenvalue weighted by molar-refractivity contribution is 7.85. The van der Waals surface area contributed by atoms with Crippen molar-refractivity contribution >= 4 is 10.1 Å². The standard InChI is InChI=1S/C11H24O3S/c1-11(2)9-7-5-3-4-6-8-10-15(12,13)14/h11H,3-10H2,1-2H3,(H,12,13,14). The average Bonchev–Trinajstić information content (AvgIpc) is 2.07. The molecule has 0 aromatic carbocycles. The van der Waals surface area contributed by atoms with E-state index >= 15 is 0 Å². The Labute approximate surface area is 94.0 Å². The molecule has 0 bridgehead atoms. The second-order valence-electron chi connectivity index (χ2n) is 4.59. The Morgan fingerprint density at radius 3 is 1.87 bits per heavy atom. The zero-order valence-electron chi connectivity index (χ0n) is 9.91. The number of hydrogen-bond acceptors (Lipinski definition) is 2. The summed E-state index contributed by atoms with van der Waals surface area (Å²) in [5.74, 6) is 0.698. The fourth-order valence-corrected chi connectivity index (χ4v) is 2.11. The molecule has 0 heterocycles. The second kappa shape index (κ2) is 8.11. The Kier molecular flexibility index (Phi) is 8.06. The Hall–Kier alpha value is -0.0900. The lowest BCUT2D eigenvalue weighted by Gasteiger charge is -2.03. The molecular weight excluding hydrogens is 212 g/mol. The minimum atomic E-state index is -3.73. The van der Waals surface area contributed by atoms with Gasteiger partial charge in [-0.3, -0.25) is 4.55 Å². The van der Waals surface area contributed by atoms with Crippen molar-refractivity contribution in [2.24, 2.45) is 5.92 Å². The fraction of sp³-hybridized carbons (Fsp3) is 1.00. The first-order valence-electron chi connectivity index (χ1n) is 5.87. The monoisotopic (exact) mass is 236 g/mol. The lowest BCUT2D eigenvalue weighted by Crippen LogP contribution is -2.03. The largest absolute Gasteiger partial charge is 0.286 e. The van der Waals surface area contributed by atoms with Crippen LogP contribution in [0.2, 0.25) is 0 Å². The molecule has 0 spiro atoms. The molecule has 0 aliphatic heterocycles. The molecule has 4 heteroatoms. The van der Waals surface area contributed by atoms with Crippen LogP contribution in [-0.2, 0) is 10.1 Å². The van der Waals surface area contributed by atoms with Gasteiger partial charge >= 0.3 is 0 Å². The summed E-state index contributed by atoms with van der Waals surface area (Å²) in [5.41, 5.74) is 0. The van der Waals surface area contributed by atoms with Gasteiger partial charge in [0.25, 0.3) is 10.1 Å². The van der Waals surface area contributed by atoms with E-state index in [0.29, 0.717) is 6.42 Å². The van der Waals surface area contributed by atoms with Gasteiger partial charge < -0.3 is 0 Å². The molecule has 0 atom stereocenters. The third-order valence-corrected chi connectivity index (χ3v) is 3.24. The topological polar surface area (TPSA) is 54.4 Å². The van der Waals surface area contributed by atoms with Gasteiger partial charge in [0.05, 0.1) is 5.75 Å². The maximum absolute atomic E-state index is 10.4. The third kappa shape index (κ3) is 13.9. The Balaban J connectivity index is 3.12. The van der Waals surface area contributed by atoms with Crippen LogP contribution in [0.25, 0.3) is 0 Å². The van der Waals surface area contributed by atoms with Crippen molar-refractivity contribution in [2.45, 2.75) is 58.8 Å². The van der Waals surface area contributed by atoms with Gasteiger partial charge in [0.2, 0.25) is 0 Å². The summed E-state index contributed by atoms with van der Waals surface area (Å²) in [4.78, 5) is 0. The molecule has 0 aromatic rings. The molecule has 0 fully saturated rings. The van der Waals surface area contributed by atoms with Crippen molar-refractivity contribution in [2.75, 3.05) is 5.75 Å². The lowest BCUT2D eigenvalue weighted by atomic mass is 10.0. The summed E-state index contributed by atoms with van der Waals surface area (Å²) in [7, 11) is -3.73. The molecule has 0 radical (unpaired) electrons. The van der Waals surface area contributed by atoms with E-state index in [2.05, 4.69) is 13.8 Å². The van der Waals surface area contributed by atoms with Crippen LogP contribution < -0.4 is 0 Å². The van der Waals surface area contributed by atoms with Crippen molar-refractivity contribution in [1.29, 1.82) is 0 Å². The molecule has 92 valence electrons. The summed E-state index contributed by atoms with van der Waals surface area (Å²) in [6, 6.07) is 0. The molecule has 0 saturated carbocycles. The highest BCUT2D eigenvalue weighted by Gasteiger charge is 2.02. The van der Waals surface area contributed by atoms with Crippen molar-refractivity contribution in [1.82, 2.24) is 0 Å². The summed E-state index contributed by atoms with van der Waals surface area (Å²) < 4.78 is 29.3. The van der Waals surface area contributed by atoms with Crippen LogP contribution in [0.15, 0.2) is 0 Å². The highest BCUT2D eigenvalue weighted by Crippen LogP contribution is 2.11. The van der Waals surface area contributed by atoms with E-state index in [1.807, 2.05) is 0 Å². The van der Waals surface area contributed by atoms with Gasteiger partial charge in [0.15, 0.2) is 0 Å². The van der Waals surface area contributed by atoms with Crippen LogP contribution in [0.5, 0.6) is 0 Å². The first-order chi connectivity index (χ1) is 6.92. The molecule has 0 saturated heterocycles. The quantitative estimate of drug-likeness (QED) is 0.494. The maximum atomic E-state index is 10.4. The van der Waals surface area contributed by atoms with Crippen LogP contribution in [-0.4, -0.2) is 18.7 Å². The second-order valence-corrected chi connectivity index (χ2v) is 6.16. The van der Waals surface area contributed by atoms with Crippen LogP contribution in [0.1, 0.15) is 58.8 Å². The molecule has 0 unspecified atom stereocenters. The van der Waals surface area contributed by atoms with E-state index in [-0.39, 0.29) is 5.75 Å². The van der Waals surface area contributed by atoms with E-state index in [9.17, 15) is 8.42 Å². The van der Waals surface area contributed by atoms with Gasteiger partial charge in [-0.25, -0.2) is 0 Å². The zero-order valence-corrected chi connectivity index (χ0v) is 10.7. The van der Waals surface area contributed by atoms with Crippen LogP contribution >= 0.6 is 0 Å². The number of unbranched alkanes of at least 4 members (excludes halogenated alkanes) is 5. The number of hydrogen-bond donors (Lipinski definition) is 1. The molecule has 0 aliphatic carbocycles. The molecule has 3 nitrogen and oxygen atoms in total. The Morgan fingerprint density at radius 2 is 1.40 bits per heavy atom. The van der Waals surface area contributed by atoms with Crippen molar-refractivity contribution in [3.63, 3.8) is 0 Å². The van der Waals surface area contributed by atoms with Crippen molar-refractivity contribution < 1.29 is 13.0 Å². The van der Waals surface area contributed by atoms with Gasteiger partial charge in [-0.1, -0.05) is 52.4 Å². The zero-order chi connectivity index (χ0) is 11.7. The van der Waals surface area contributed by atoms with E-state index in [1.54, 1.807) is 0 Å². The predicted molar refractivity (Wildman–Crippen MR) is 63.6 cm³/mol. The van der Waals surface area contributed by atoms with E-state index < -0.39 is 10.1 Å². The summed E-state index contributed by atoms with van der Waals surface area (Å²) in [6.07, 6.45) is 7.54. The van der Waals surface area contributed by atoms with Gasteiger partial charge in [0, 0.05) is 0 Å². The first kappa shape index (κ1) is 14.9. The molecule has 0 aliphatic rings. The smallest absolute Gasteiger partial charge is 0.264 e. The SMILES string of the molecule is CC(C)CCCCCCCCS(=O)(=O)O. The van der Waals surface area contributed by atoms with Gasteiger partial charge in [-0.05, 0) is 12.3 Å². The molecular formula is C11H24O3S. The maximum Gasteiger partial charge on any atom is 0.264 e.